The van der Waals surface area contributed by atoms with Crippen LogP contribution in [-0.2, 0) is 16.0 Å². The van der Waals surface area contributed by atoms with Crippen molar-refractivity contribution in [3.05, 3.63) is 52.0 Å². The third kappa shape index (κ3) is 3.75. The maximum Gasteiger partial charge on any atom is 0.262 e. The van der Waals surface area contributed by atoms with Gasteiger partial charge in [-0.1, -0.05) is 29.3 Å². The van der Waals surface area contributed by atoms with Crippen LogP contribution in [0.25, 0.3) is 0 Å². The lowest BCUT2D eigenvalue weighted by molar-refractivity contribution is -0.118. The molecule has 5 nitrogen and oxygen atoms in total. The summed E-state index contributed by atoms with van der Waals surface area (Å²) in [5, 5.41) is 6.31. The van der Waals surface area contributed by atoms with Crippen LogP contribution in [0.2, 0.25) is 10.0 Å². The standard InChI is InChI=1S/C16H12Cl2N2O3/c17-11-3-1-9(5-12(11)18)6-15(21)19-10-2-4-14-13(7-10)20-16(22)8-23-14/h1-5,7H,6,8H2,(H,19,21)(H,20,22). The van der Waals surface area contributed by atoms with Gasteiger partial charge in [0.15, 0.2) is 6.61 Å². The number of amides is 2. The predicted octanol–water partition coefficient (Wildman–Crippen LogP) is 3.51. The van der Waals surface area contributed by atoms with Crippen molar-refractivity contribution in [2.24, 2.45) is 0 Å². The summed E-state index contributed by atoms with van der Waals surface area (Å²) in [6.07, 6.45) is 0.164. The highest BCUT2D eigenvalue weighted by Gasteiger charge is 2.16. The predicted molar refractivity (Wildman–Crippen MR) is 89.4 cm³/mol. The van der Waals surface area contributed by atoms with Crippen molar-refractivity contribution in [1.29, 1.82) is 0 Å². The van der Waals surface area contributed by atoms with E-state index in [-0.39, 0.29) is 24.8 Å². The van der Waals surface area contributed by atoms with Crippen molar-refractivity contribution >= 4 is 46.4 Å². The van der Waals surface area contributed by atoms with Crippen LogP contribution in [-0.4, -0.2) is 18.4 Å². The number of anilines is 2. The van der Waals surface area contributed by atoms with E-state index in [1.54, 1.807) is 36.4 Å². The molecule has 0 aromatic heterocycles. The summed E-state index contributed by atoms with van der Waals surface area (Å²) >= 11 is 11.8. The first kappa shape index (κ1) is 15.6. The summed E-state index contributed by atoms with van der Waals surface area (Å²) in [7, 11) is 0. The fourth-order valence-electron chi connectivity index (χ4n) is 2.20. The van der Waals surface area contributed by atoms with Gasteiger partial charge in [0.1, 0.15) is 5.75 Å². The molecule has 0 atom stereocenters. The highest BCUT2D eigenvalue weighted by molar-refractivity contribution is 6.42. The molecule has 0 unspecified atom stereocenters. The van der Waals surface area contributed by atoms with Crippen molar-refractivity contribution in [2.75, 3.05) is 17.2 Å². The largest absolute Gasteiger partial charge is 0.482 e. The first-order valence-corrected chi connectivity index (χ1v) is 7.57. The number of fused-ring (bicyclic) bond motifs is 1. The van der Waals surface area contributed by atoms with Crippen LogP contribution in [0.5, 0.6) is 5.75 Å². The van der Waals surface area contributed by atoms with E-state index in [1.807, 2.05) is 0 Å². The molecule has 1 heterocycles. The van der Waals surface area contributed by atoms with E-state index >= 15 is 0 Å². The minimum atomic E-state index is -0.225. The van der Waals surface area contributed by atoms with Crippen LogP contribution in [0.3, 0.4) is 0 Å². The Hall–Kier alpha value is -2.24. The van der Waals surface area contributed by atoms with E-state index in [0.29, 0.717) is 27.2 Å². The molecule has 2 aromatic rings. The maximum atomic E-state index is 12.1. The second kappa shape index (κ2) is 6.48. The van der Waals surface area contributed by atoms with E-state index in [4.69, 9.17) is 27.9 Å². The number of benzene rings is 2. The summed E-state index contributed by atoms with van der Waals surface area (Å²) in [6.45, 7) is -0.00394. The minimum Gasteiger partial charge on any atom is -0.482 e. The summed E-state index contributed by atoms with van der Waals surface area (Å²) < 4.78 is 5.26. The third-order valence-electron chi connectivity index (χ3n) is 3.24. The van der Waals surface area contributed by atoms with Gasteiger partial charge in [0.05, 0.1) is 22.2 Å². The molecule has 3 rings (SSSR count). The topological polar surface area (TPSA) is 67.4 Å². The van der Waals surface area contributed by atoms with Gasteiger partial charge in [-0.05, 0) is 35.9 Å². The molecule has 2 aromatic carbocycles. The highest BCUT2D eigenvalue weighted by atomic mass is 35.5. The number of hydrogen-bond donors (Lipinski definition) is 2. The summed E-state index contributed by atoms with van der Waals surface area (Å²) in [6, 6.07) is 10.1. The zero-order valence-corrected chi connectivity index (χ0v) is 13.4. The van der Waals surface area contributed by atoms with Gasteiger partial charge in [-0.3, -0.25) is 9.59 Å². The third-order valence-corrected chi connectivity index (χ3v) is 3.98. The Morgan fingerprint density at radius 2 is 2.00 bits per heavy atom. The molecule has 0 radical (unpaired) electrons. The molecule has 0 spiro atoms. The average molecular weight is 351 g/mol. The second-order valence-corrected chi connectivity index (χ2v) is 5.84. The molecule has 0 saturated heterocycles. The van der Waals surface area contributed by atoms with Gasteiger partial charge >= 0.3 is 0 Å². The Bertz CT molecular complexity index is 793. The Labute approximate surface area is 142 Å². The lowest BCUT2D eigenvalue weighted by atomic mass is 10.1. The van der Waals surface area contributed by atoms with Crippen LogP contribution in [0.15, 0.2) is 36.4 Å². The van der Waals surface area contributed by atoms with Crippen LogP contribution < -0.4 is 15.4 Å². The van der Waals surface area contributed by atoms with Crippen molar-refractivity contribution in [1.82, 2.24) is 0 Å². The molecule has 23 heavy (non-hydrogen) atoms. The van der Waals surface area contributed by atoms with E-state index in [9.17, 15) is 9.59 Å². The average Bonchev–Trinajstić information content (AvgIpc) is 2.50. The molecule has 2 N–H and O–H groups in total. The van der Waals surface area contributed by atoms with Gasteiger partial charge < -0.3 is 15.4 Å². The minimum absolute atomic E-state index is 0.00394. The van der Waals surface area contributed by atoms with Crippen LogP contribution in [0.4, 0.5) is 11.4 Å². The SMILES string of the molecule is O=C(Cc1ccc(Cl)c(Cl)c1)Nc1ccc2c(c1)NC(=O)CO2. The van der Waals surface area contributed by atoms with Gasteiger partial charge in [0, 0.05) is 5.69 Å². The first-order valence-electron chi connectivity index (χ1n) is 6.82. The molecule has 1 aliphatic heterocycles. The molecular weight excluding hydrogens is 339 g/mol. The van der Waals surface area contributed by atoms with E-state index in [1.165, 1.54) is 0 Å². The molecule has 0 aliphatic carbocycles. The Kier molecular flexibility index (Phi) is 4.41. The van der Waals surface area contributed by atoms with Crippen LogP contribution in [0.1, 0.15) is 5.56 Å². The zero-order chi connectivity index (χ0) is 16.4. The van der Waals surface area contributed by atoms with Gasteiger partial charge in [-0.15, -0.1) is 0 Å². The highest BCUT2D eigenvalue weighted by Crippen LogP contribution is 2.30. The number of nitrogens with one attached hydrogen (secondary N) is 2. The lowest BCUT2D eigenvalue weighted by Crippen LogP contribution is -2.25. The summed E-state index contributed by atoms with van der Waals surface area (Å²) in [5.74, 6) is 0.148. The van der Waals surface area contributed by atoms with Crippen LogP contribution >= 0.6 is 23.2 Å². The fourth-order valence-corrected chi connectivity index (χ4v) is 2.52. The molecule has 0 saturated carbocycles. The molecule has 118 valence electrons. The Morgan fingerprint density at radius 1 is 1.17 bits per heavy atom. The number of carbonyl (C=O) groups is 2. The summed E-state index contributed by atoms with van der Waals surface area (Å²) in [4.78, 5) is 23.4. The van der Waals surface area contributed by atoms with E-state index in [0.717, 1.165) is 5.56 Å². The molecule has 1 aliphatic rings. The number of rotatable bonds is 3. The Balaban J connectivity index is 1.69. The smallest absolute Gasteiger partial charge is 0.262 e. The molecule has 7 heteroatoms. The van der Waals surface area contributed by atoms with Gasteiger partial charge in [-0.25, -0.2) is 0 Å². The zero-order valence-electron chi connectivity index (χ0n) is 11.9. The normalized spacial score (nSPS) is 12.9. The number of carbonyl (C=O) groups excluding carboxylic acids is 2. The summed E-state index contributed by atoms with van der Waals surface area (Å²) in [5.41, 5.74) is 1.86. The van der Waals surface area contributed by atoms with Crippen molar-refractivity contribution in [2.45, 2.75) is 6.42 Å². The number of hydrogen-bond acceptors (Lipinski definition) is 3. The van der Waals surface area contributed by atoms with Crippen molar-refractivity contribution in [3.63, 3.8) is 0 Å². The van der Waals surface area contributed by atoms with E-state index < -0.39 is 0 Å². The maximum absolute atomic E-state index is 12.1. The quantitative estimate of drug-likeness (QED) is 0.889. The van der Waals surface area contributed by atoms with Gasteiger partial charge in [0.25, 0.3) is 5.91 Å². The van der Waals surface area contributed by atoms with Gasteiger partial charge in [0.2, 0.25) is 5.91 Å². The number of ether oxygens (including phenoxy) is 1. The van der Waals surface area contributed by atoms with Crippen molar-refractivity contribution in [3.8, 4) is 5.75 Å². The van der Waals surface area contributed by atoms with Crippen LogP contribution in [0, 0.1) is 0 Å². The molecular formula is C16H12Cl2N2O3. The van der Waals surface area contributed by atoms with Gasteiger partial charge in [-0.2, -0.15) is 0 Å². The monoisotopic (exact) mass is 350 g/mol. The lowest BCUT2D eigenvalue weighted by Gasteiger charge is -2.18. The van der Waals surface area contributed by atoms with E-state index in [2.05, 4.69) is 10.6 Å². The molecule has 2 amide bonds. The first-order chi connectivity index (χ1) is 11.0. The fraction of sp³-hybridized carbons (Fsp3) is 0.125. The molecule has 0 bridgehead atoms. The Morgan fingerprint density at radius 3 is 2.78 bits per heavy atom. The number of halogens is 2. The van der Waals surface area contributed by atoms with Crippen molar-refractivity contribution < 1.29 is 14.3 Å². The molecule has 0 fully saturated rings. The second-order valence-electron chi connectivity index (χ2n) is 5.02.